The molecule has 1 rings (SSSR count). The molecule has 0 N–H and O–H groups in total. The second kappa shape index (κ2) is 4.21. The molecule has 0 spiro atoms. The van der Waals surface area contributed by atoms with Crippen molar-refractivity contribution < 1.29 is 17.6 Å². The van der Waals surface area contributed by atoms with Gasteiger partial charge >= 0.3 is 0 Å². The van der Waals surface area contributed by atoms with Crippen molar-refractivity contribution in [1.29, 1.82) is 0 Å². The minimum Gasteiger partial charge on any atom is -0.206 e. The molecule has 0 fully saturated rings. The van der Waals surface area contributed by atoms with Gasteiger partial charge in [-0.05, 0) is 6.42 Å². The zero-order valence-corrected chi connectivity index (χ0v) is 8.27. The SMILES string of the molecule is CCc1c(F)c(F)c(F)c(CS)c1F. The number of thiol groups is 1. The van der Waals surface area contributed by atoms with Crippen LogP contribution in [0.3, 0.4) is 0 Å². The van der Waals surface area contributed by atoms with Crippen molar-refractivity contribution in [3.05, 3.63) is 34.4 Å². The largest absolute Gasteiger partial charge is 0.206 e. The van der Waals surface area contributed by atoms with Gasteiger partial charge in [-0.2, -0.15) is 12.6 Å². The molecule has 5 heteroatoms. The summed E-state index contributed by atoms with van der Waals surface area (Å²) in [5, 5.41) is 0. The standard InChI is InChI=1S/C9H8F4S/c1-2-4-6(10)5(3-14)8(12)9(13)7(4)11/h14H,2-3H2,1H3. The second-order valence-electron chi connectivity index (χ2n) is 2.72. The highest BCUT2D eigenvalue weighted by Crippen LogP contribution is 2.25. The van der Waals surface area contributed by atoms with Crippen LogP contribution in [-0.4, -0.2) is 0 Å². The Morgan fingerprint density at radius 3 is 1.79 bits per heavy atom. The maximum absolute atomic E-state index is 13.3. The number of hydrogen-bond acceptors (Lipinski definition) is 1. The maximum Gasteiger partial charge on any atom is 0.195 e. The molecule has 14 heavy (non-hydrogen) atoms. The average Bonchev–Trinajstić information content (AvgIpc) is 2.16. The van der Waals surface area contributed by atoms with E-state index in [1.165, 1.54) is 6.92 Å². The third-order valence-electron chi connectivity index (χ3n) is 1.96. The molecule has 1 aromatic rings. The number of benzene rings is 1. The molecule has 0 aliphatic rings. The summed E-state index contributed by atoms with van der Waals surface area (Å²) in [5.41, 5.74) is -0.961. The van der Waals surface area contributed by atoms with Gasteiger partial charge < -0.3 is 0 Å². The average molecular weight is 224 g/mol. The van der Waals surface area contributed by atoms with Gasteiger partial charge in [-0.15, -0.1) is 0 Å². The summed E-state index contributed by atoms with van der Waals surface area (Å²) < 4.78 is 52.0. The van der Waals surface area contributed by atoms with Crippen LogP contribution in [0.5, 0.6) is 0 Å². The van der Waals surface area contributed by atoms with Crippen LogP contribution in [0.4, 0.5) is 17.6 Å². The summed E-state index contributed by atoms with van der Waals surface area (Å²) in [6, 6.07) is 0. The van der Waals surface area contributed by atoms with Gasteiger partial charge in [0.15, 0.2) is 17.5 Å². The Morgan fingerprint density at radius 2 is 1.36 bits per heavy atom. The first-order valence-electron chi connectivity index (χ1n) is 3.99. The van der Waals surface area contributed by atoms with Crippen LogP contribution in [0.25, 0.3) is 0 Å². The first-order valence-corrected chi connectivity index (χ1v) is 4.62. The summed E-state index contributed by atoms with van der Waals surface area (Å²) in [6.45, 7) is 1.46. The molecule has 0 radical (unpaired) electrons. The Bertz CT molecular complexity index is 331. The van der Waals surface area contributed by atoms with E-state index in [-0.39, 0.29) is 12.2 Å². The summed E-state index contributed by atoms with van der Waals surface area (Å²) in [7, 11) is 0. The van der Waals surface area contributed by atoms with Crippen molar-refractivity contribution in [3.8, 4) is 0 Å². The number of halogens is 4. The minimum absolute atomic E-state index is 0.0321. The van der Waals surface area contributed by atoms with Gasteiger partial charge in [0, 0.05) is 16.9 Å². The smallest absolute Gasteiger partial charge is 0.195 e. The van der Waals surface area contributed by atoms with E-state index in [1.54, 1.807) is 0 Å². The quantitative estimate of drug-likeness (QED) is 0.339. The molecule has 0 atom stereocenters. The molecule has 1 aromatic carbocycles. The van der Waals surface area contributed by atoms with E-state index >= 15 is 0 Å². The summed E-state index contributed by atoms with van der Waals surface area (Å²) >= 11 is 3.65. The van der Waals surface area contributed by atoms with Gasteiger partial charge in [-0.1, -0.05) is 6.92 Å². The molecule has 0 nitrogen and oxygen atoms in total. The van der Waals surface area contributed by atoms with Crippen LogP contribution in [0.2, 0.25) is 0 Å². The fourth-order valence-corrected chi connectivity index (χ4v) is 1.46. The topological polar surface area (TPSA) is 0 Å². The third-order valence-corrected chi connectivity index (χ3v) is 2.27. The van der Waals surface area contributed by atoms with E-state index in [0.717, 1.165) is 0 Å². The van der Waals surface area contributed by atoms with Gasteiger partial charge in [0.05, 0.1) is 0 Å². The van der Waals surface area contributed by atoms with Gasteiger partial charge in [-0.3, -0.25) is 0 Å². The molecule has 0 saturated heterocycles. The van der Waals surface area contributed by atoms with Gasteiger partial charge in [0.1, 0.15) is 5.82 Å². The summed E-state index contributed by atoms with van der Waals surface area (Å²) in [4.78, 5) is 0. The Morgan fingerprint density at radius 1 is 0.857 bits per heavy atom. The van der Waals surface area contributed by atoms with E-state index in [4.69, 9.17) is 0 Å². The highest BCUT2D eigenvalue weighted by atomic mass is 32.1. The van der Waals surface area contributed by atoms with Crippen molar-refractivity contribution >= 4 is 12.6 Å². The van der Waals surface area contributed by atoms with Crippen LogP contribution in [-0.2, 0) is 12.2 Å². The zero-order valence-electron chi connectivity index (χ0n) is 7.37. The molecule has 0 amide bonds. The Hall–Kier alpha value is -0.710. The molecular weight excluding hydrogens is 216 g/mol. The summed E-state index contributed by atoms with van der Waals surface area (Å²) in [5.74, 6) is -5.92. The highest BCUT2D eigenvalue weighted by Gasteiger charge is 2.22. The van der Waals surface area contributed by atoms with E-state index in [0.29, 0.717) is 0 Å². The molecule has 0 bridgehead atoms. The molecule has 0 heterocycles. The molecule has 0 saturated carbocycles. The second-order valence-corrected chi connectivity index (χ2v) is 3.04. The van der Waals surface area contributed by atoms with Crippen LogP contribution >= 0.6 is 12.6 Å². The van der Waals surface area contributed by atoms with Crippen molar-refractivity contribution in [2.45, 2.75) is 19.1 Å². The first-order chi connectivity index (χ1) is 6.54. The van der Waals surface area contributed by atoms with Crippen molar-refractivity contribution in [2.75, 3.05) is 0 Å². The van der Waals surface area contributed by atoms with E-state index < -0.39 is 34.4 Å². The van der Waals surface area contributed by atoms with Gasteiger partial charge in [0.2, 0.25) is 0 Å². The van der Waals surface area contributed by atoms with Crippen LogP contribution in [0.15, 0.2) is 0 Å². The maximum atomic E-state index is 13.3. The lowest BCUT2D eigenvalue weighted by atomic mass is 10.1. The zero-order chi connectivity index (χ0) is 10.9. The normalized spacial score (nSPS) is 10.7. The lowest BCUT2D eigenvalue weighted by Gasteiger charge is -2.08. The molecule has 0 aliphatic heterocycles. The molecule has 0 unspecified atom stereocenters. The summed E-state index contributed by atoms with van der Waals surface area (Å²) in [6.07, 6.45) is -0.0321. The highest BCUT2D eigenvalue weighted by molar-refractivity contribution is 7.79. The van der Waals surface area contributed by atoms with E-state index in [1.807, 2.05) is 0 Å². The van der Waals surface area contributed by atoms with Crippen LogP contribution in [0, 0.1) is 23.3 Å². The molecule has 78 valence electrons. The van der Waals surface area contributed by atoms with E-state index in [9.17, 15) is 17.6 Å². The predicted octanol–water partition coefficient (Wildman–Crippen LogP) is 3.24. The molecule has 0 aromatic heterocycles. The van der Waals surface area contributed by atoms with Crippen molar-refractivity contribution in [3.63, 3.8) is 0 Å². The van der Waals surface area contributed by atoms with Crippen molar-refractivity contribution in [2.24, 2.45) is 0 Å². The monoisotopic (exact) mass is 224 g/mol. The van der Waals surface area contributed by atoms with Crippen molar-refractivity contribution in [1.82, 2.24) is 0 Å². The first kappa shape index (κ1) is 11.4. The fourth-order valence-electron chi connectivity index (χ4n) is 1.19. The van der Waals surface area contributed by atoms with Crippen LogP contribution < -0.4 is 0 Å². The lowest BCUT2D eigenvalue weighted by Crippen LogP contribution is -2.06. The fraction of sp³-hybridized carbons (Fsp3) is 0.333. The Balaban J connectivity index is 3.56. The minimum atomic E-state index is -1.63. The Labute approximate surface area is 84.3 Å². The number of rotatable bonds is 2. The van der Waals surface area contributed by atoms with Crippen LogP contribution in [0.1, 0.15) is 18.1 Å². The molecule has 0 aliphatic carbocycles. The Kier molecular flexibility index (Phi) is 3.42. The van der Waals surface area contributed by atoms with Gasteiger partial charge in [0.25, 0.3) is 0 Å². The van der Waals surface area contributed by atoms with Gasteiger partial charge in [-0.25, -0.2) is 17.6 Å². The van der Waals surface area contributed by atoms with E-state index in [2.05, 4.69) is 12.6 Å². The third kappa shape index (κ3) is 1.61. The number of hydrogen-bond donors (Lipinski definition) is 1. The lowest BCUT2D eigenvalue weighted by molar-refractivity contribution is 0.419. The molecular formula is C9H8F4S. The predicted molar refractivity (Wildman–Crippen MR) is 48.3 cm³/mol.